The number of hydrogen-bond acceptors (Lipinski definition) is 5. The van der Waals surface area contributed by atoms with Crippen LogP contribution in [0.3, 0.4) is 0 Å². The largest absolute Gasteiger partial charge is 0.573 e. The van der Waals surface area contributed by atoms with Gasteiger partial charge in [0.05, 0.1) is 12.9 Å². The van der Waals surface area contributed by atoms with E-state index in [2.05, 4.69) is 32.6 Å². The van der Waals surface area contributed by atoms with E-state index in [4.69, 9.17) is 5.10 Å². The lowest BCUT2D eigenvalue weighted by molar-refractivity contribution is -0.274. The van der Waals surface area contributed by atoms with Gasteiger partial charge in [-0.15, -0.1) is 13.2 Å². The zero-order valence-corrected chi connectivity index (χ0v) is 20.1. The summed E-state index contributed by atoms with van der Waals surface area (Å²) >= 11 is 0. The Morgan fingerprint density at radius 2 is 1.75 bits per heavy atom. The summed E-state index contributed by atoms with van der Waals surface area (Å²) in [5, 5.41) is 4.75. The number of nitrogens with zero attached hydrogens (tertiary/aromatic N) is 6. The Labute approximate surface area is 207 Å². The molecule has 3 aromatic heterocycles. The van der Waals surface area contributed by atoms with Gasteiger partial charge in [-0.05, 0) is 73.7 Å². The summed E-state index contributed by atoms with van der Waals surface area (Å²) in [5.74, 6) is 1.51. The first-order valence-electron chi connectivity index (χ1n) is 11.9. The van der Waals surface area contributed by atoms with Crippen LogP contribution in [0, 0.1) is 12.8 Å². The lowest BCUT2D eigenvalue weighted by Gasteiger charge is -2.31. The first-order valence-corrected chi connectivity index (χ1v) is 11.9. The summed E-state index contributed by atoms with van der Waals surface area (Å²) in [6, 6.07) is 11.8. The maximum Gasteiger partial charge on any atom is 0.573 e. The average Bonchev–Trinajstić information content (AvgIpc) is 3.47. The van der Waals surface area contributed by atoms with Crippen molar-refractivity contribution in [3.05, 3.63) is 72.4 Å². The van der Waals surface area contributed by atoms with E-state index < -0.39 is 6.36 Å². The molecule has 0 saturated carbocycles. The molecule has 0 radical (unpaired) electrons. The van der Waals surface area contributed by atoms with Crippen LogP contribution in [0.1, 0.15) is 31.0 Å². The minimum absolute atomic E-state index is 0.268. The topological polar surface area (TPSA) is 61.0 Å². The van der Waals surface area contributed by atoms with Gasteiger partial charge in [-0.2, -0.15) is 5.10 Å². The summed E-state index contributed by atoms with van der Waals surface area (Å²) in [7, 11) is 0. The van der Waals surface area contributed by atoms with E-state index in [-0.39, 0.29) is 5.75 Å². The third-order valence-corrected chi connectivity index (χ3v) is 6.44. The third-order valence-electron chi connectivity index (χ3n) is 6.44. The van der Waals surface area contributed by atoms with E-state index in [1.165, 1.54) is 25.0 Å². The molecular formula is C26H27F3N6O. The first-order chi connectivity index (χ1) is 17.2. The van der Waals surface area contributed by atoms with Gasteiger partial charge in [0.25, 0.3) is 0 Å². The number of aryl methyl sites for hydroxylation is 1. The fourth-order valence-electron chi connectivity index (χ4n) is 4.35. The smallest absolute Gasteiger partial charge is 0.406 e. The predicted octanol–water partition coefficient (Wildman–Crippen LogP) is 5.62. The first kappa shape index (κ1) is 23.9. The molecule has 188 valence electrons. The predicted molar refractivity (Wildman–Crippen MR) is 130 cm³/mol. The highest BCUT2D eigenvalue weighted by molar-refractivity contribution is 5.55. The molecule has 7 nitrogen and oxygen atoms in total. The molecule has 4 heterocycles. The standard InChI is InChI=1S/C26H27F3N6O/c1-18-8-11-33(12-9-18)25-14-20(7-10-30-25)15-35-19(2)13-23(32-35)24-16-34(17-31-24)21-3-5-22(6-4-21)36-26(27,28)29/h3-7,10,13-14,16-18H,8-9,11-12,15H2,1-2H3. The van der Waals surface area contributed by atoms with E-state index in [1.807, 2.05) is 29.9 Å². The van der Waals surface area contributed by atoms with Crippen molar-refractivity contribution >= 4 is 5.82 Å². The molecule has 1 fully saturated rings. The van der Waals surface area contributed by atoms with Crippen molar-refractivity contribution in [3.63, 3.8) is 0 Å². The van der Waals surface area contributed by atoms with Crippen LogP contribution in [0.2, 0.25) is 0 Å². The van der Waals surface area contributed by atoms with Crippen LogP contribution in [0.5, 0.6) is 5.75 Å². The van der Waals surface area contributed by atoms with Crippen LogP contribution < -0.4 is 9.64 Å². The molecule has 0 spiro atoms. The molecule has 0 N–H and O–H groups in total. The summed E-state index contributed by atoms with van der Waals surface area (Å²) in [6.45, 7) is 6.98. The van der Waals surface area contributed by atoms with E-state index in [0.29, 0.717) is 17.9 Å². The molecule has 0 bridgehead atoms. The molecule has 1 aliphatic rings. The minimum atomic E-state index is -4.72. The van der Waals surface area contributed by atoms with Crippen LogP contribution in [0.15, 0.2) is 61.2 Å². The highest BCUT2D eigenvalue weighted by Crippen LogP contribution is 2.26. The third kappa shape index (κ3) is 5.53. The van der Waals surface area contributed by atoms with Gasteiger partial charge in [-0.25, -0.2) is 9.97 Å². The van der Waals surface area contributed by atoms with Crippen LogP contribution in [0.4, 0.5) is 19.0 Å². The Morgan fingerprint density at radius 1 is 1.00 bits per heavy atom. The summed E-state index contributed by atoms with van der Waals surface area (Å²) in [4.78, 5) is 11.4. The van der Waals surface area contributed by atoms with E-state index in [9.17, 15) is 13.2 Å². The molecule has 0 amide bonds. The van der Waals surface area contributed by atoms with Crippen LogP contribution in [-0.2, 0) is 6.54 Å². The number of alkyl halides is 3. The lowest BCUT2D eigenvalue weighted by Crippen LogP contribution is -2.33. The fraction of sp³-hybridized carbons (Fsp3) is 0.346. The van der Waals surface area contributed by atoms with Gasteiger partial charge >= 0.3 is 6.36 Å². The molecule has 10 heteroatoms. The van der Waals surface area contributed by atoms with Gasteiger partial charge in [0.15, 0.2) is 0 Å². The second kappa shape index (κ2) is 9.67. The number of rotatable bonds is 6. The summed E-state index contributed by atoms with van der Waals surface area (Å²) in [6.07, 6.45) is 2.92. The number of piperidine rings is 1. The van der Waals surface area contributed by atoms with Gasteiger partial charge in [0.2, 0.25) is 0 Å². The SMILES string of the molecule is Cc1cc(-c2cn(-c3ccc(OC(F)(F)F)cc3)cn2)nn1Cc1ccnc(N2CCC(C)CC2)c1. The molecule has 1 saturated heterocycles. The Bertz CT molecular complexity index is 1320. The van der Waals surface area contributed by atoms with Crippen LogP contribution >= 0.6 is 0 Å². The quantitative estimate of drug-likeness (QED) is 0.347. The monoisotopic (exact) mass is 496 g/mol. The highest BCUT2D eigenvalue weighted by Gasteiger charge is 2.31. The molecule has 0 atom stereocenters. The van der Waals surface area contributed by atoms with E-state index in [0.717, 1.165) is 41.8 Å². The maximum absolute atomic E-state index is 12.4. The molecule has 0 unspecified atom stereocenters. The van der Waals surface area contributed by atoms with Crippen molar-refractivity contribution < 1.29 is 17.9 Å². The van der Waals surface area contributed by atoms with Crippen molar-refractivity contribution in [1.29, 1.82) is 0 Å². The zero-order chi connectivity index (χ0) is 25.3. The fourth-order valence-corrected chi connectivity index (χ4v) is 4.35. The number of ether oxygens (including phenoxy) is 1. The molecule has 5 rings (SSSR count). The van der Waals surface area contributed by atoms with Gasteiger partial charge in [0.1, 0.15) is 23.0 Å². The van der Waals surface area contributed by atoms with Crippen molar-refractivity contribution in [2.45, 2.75) is 39.6 Å². The second-order valence-electron chi connectivity index (χ2n) is 9.23. The molecule has 36 heavy (non-hydrogen) atoms. The van der Waals surface area contributed by atoms with Gasteiger partial charge in [0, 0.05) is 36.9 Å². The van der Waals surface area contributed by atoms with E-state index >= 15 is 0 Å². The normalized spacial score (nSPS) is 14.9. The minimum Gasteiger partial charge on any atom is -0.406 e. The number of aromatic nitrogens is 5. The average molecular weight is 497 g/mol. The number of pyridine rings is 1. The molecular weight excluding hydrogens is 469 g/mol. The van der Waals surface area contributed by atoms with Crippen molar-refractivity contribution in [3.8, 4) is 22.8 Å². The Balaban J connectivity index is 1.29. The Morgan fingerprint density at radius 3 is 2.47 bits per heavy atom. The highest BCUT2D eigenvalue weighted by atomic mass is 19.4. The molecule has 1 aliphatic heterocycles. The lowest BCUT2D eigenvalue weighted by atomic mass is 9.99. The molecule has 4 aromatic rings. The summed E-state index contributed by atoms with van der Waals surface area (Å²) < 4.78 is 44.8. The zero-order valence-electron chi connectivity index (χ0n) is 20.1. The van der Waals surface area contributed by atoms with E-state index in [1.54, 1.807) is 29.2 Å². The van der Waals surface area contributed by atoms with Crippen LogP contribution in [0.25, 0.3) is 17.1 Å². The Hall–Kier alpha value is -3.82. The van der Waals surface area contributed by atoms with Crippen molar-refractivity contribution in [2.75, 3.05) is 18.0 Å². The maximum atomic E-state index is 12.4. The molecule has 1 aromatic carbocycles. The number of anilines is 1. The summed E-state index contributed by atoms with van der Waals surface area (Å²) in [5.41, 5.74) is 4.19. The number of imidazole rings is 1. The van der Waals surface area contributed by atoms with Crippen molar-refractivity contribution in [1.82, 2.24) is 24.3 Å². The number of halogens is 3. The van der Waals surface area contributed by atoms with Gasteiger partial charge in [-0.3, -0.25) is 4.68 Å². The Kier molecular flexibility index (Phi) is 6.42. The molecule has 0 aliphatic carbocycles. The van der Waals surface area contributed by atoms with Gasteiger partial charge < -0.3 is 14.2 Å². The van der Waals surface area contributed by atoms with Gasteiger partial charge in [-0.1, -0.05) is 6.92 Å². The van der Waals surface area contributed by atoms with Crippen LogP contribution in [-0.4, -0.2) is 43.8 Å². The van der Waals surface area contributed by atoms with Crippen molar-refractivity contribution in [2.24, 2.45) is 5.92 Å². The second-order valence-corrected chi connectivity index (χ2v) is 9.23. The number of hydrogen-bond donors (Lipinski definition) is 0. The number of benzene rings is 1.